The van der Waals surface area contributed by atoms with E-state index in [4.69, 9.17) is 24.3 Å². The third kappa shape index (κ3) is 5.49. The third-order valence-electron chi connectivity index (χ3n) is 6.17. The van der Waals surface area contributed by atoms with E-state index in [0.717, 1.165) is 0 Å². The molecule has 1 aliphatic rings. The molecule has 13 nitrogen and oxygen atoms in total. The minimum absolute atomic E-state index is 0.0970. The third-order valence-corrected chi connectivity index (χ3v) is 7.95. The average Bonchev–Trinajstić information content (AvgIpc) is 3.44. The molecule has 0 amide bonds. The first kappa shape index (κ1) is 28.5. The van der Waals surface area contributed by atoms with Gasteiger partial charge >= 0.3 is 13.7 Å². The molecule has 14 heteroatoms. The Morgan fingerprint density at radius 1 is 1.28 bits per heavy atom. The number of esters is 1. The van der Waals surface area contributed by atoms with Crippen LogP contribution in [0.3, 0.4) is 0 Å². The predicted octanol–water partition coefficient (Wildman–Crippen LogP) is 1.89. The molecule has 1 unspecified atom stereocenters. The van der Waals surface area contributed by atoms with Crippen LogP contribution in [0.2, 0.25) is 0 Å². The monoisotopic (exact) mass is 559 g/mol. The lowest BCUT2D eigenvalue weighted by Gasteiger charge is -2.29. The Bertz CT molecular complexity index is 1420. The highest BCUT2D eigenvalue weighted by molar-refractivity contribution is 7.52. The van der Waals surface area contributed by atoms with E-state index in [0.29, 0.717) is 11.2 Å². The first-order valence-corrected chi connectivity index (χ1v) is 13.6. The Morgan fingerprint density at radius 3 is 2.67 bits per heavy atom. The van der Waals surface area contributed by atoms with E-state index in [9.17, 15) is 24.8 Å². The van der Waals surface area contributed by atoms with Gasteiger partial charge in [0.25, 0.3) is 0 Å². The highest BCUT2D eigenvalue weighted by atomic mass is 31.2. The van der Waals surface area contributed by atoms with Crippen LogP contribution in [0.1, 0.15) is 26.5 Å². The van der Waals surface area contributed by atoms with E-state index in [2.05, 4.69) is 10.2 Å². The van der Waals surface area contributed by atoms with E-state index in [-0.39, 0.29) is 18.1 Å². The molecule has 39 heavy (non-hydrogen) atoms. The quantitative estimate of drug-likeness (QED) is 0.209. The highest BCUT2D eigenvalue weighted by Gasteiger charge is 2.58. The van der Waals surface area contributed by atoms with Crippen LogP contribution in [0.5, 0.6) is 5.75 Å². The lowest BCUT2D eigenvalue weighted by atomic mass is 9.92. The molecule has 2 aromatic heterocycles. The fraction of sp³-hybridized carbons (Fsp3) is 0.400. The summed E-state index contributed by atoms with van der Waals surface area (Å²) < 4.78 is 37.4. The largest absolute Gasteiger partial charge is 0.465 e. The summed E-state index contributed by atoms with van der Waals surface area (Å²) in [5.74, 6) is -0.524. The number of hydrogen-bond acceptors (Lipinski definition) is 11. The van der Waals surface area contributed by atoms with Gasteiger partial charge in [-0.05, 0) is 51.1 Å². The Kier molecular flexibility index (Phi) is 7.99. The molecule has 208 valence electrons. The normalized spacial score (nSPS) is 24.7. The summed E-state index contributed by atoms with van der Waals surface area (Å²) in [5.41, 5.74) is 3.42. The number of fused-ring (bicyclic) bond motifs is 1. The second-order valence-corrected chi connectivity index (χ2v) is 11.1. The van der Waals surface area contributed by atoms with E-state index < -0.39 is 49.8 Å². The van der Waals surface area contributed by atoms with Gasteiger partial charge in [0.15, 0.2) is 0 Å². The fourth-order valence-electron chi connectivity index (χ4n) is 4.21. The zero-order chi connectivity index (χ0) is 28.4. The average molecular weight is 560 g/mol. The molecular weight excluding hydrogens is 529 g/mol. The summed E-state index contributed by atoms with van der Waals surface area (Å²) in [6, 6.07) is 14.7. The SMILES string of the molecule is CCOC(=O)C(C)(C)NP(=O)(OC[C@H]1O[C@@](C#N)(c2ccc3c(N)ccnn23)[C@H](O)[C@@H]1O)Oc1ccccc1. The lowest BCUT2D eigenvalue weighted by molar-refractivity contribution is -0.149. The summed E-state index contributed by atoms with van der Waals surface area (Å²) in [5, 5.41) is 38.7. The predicted molar refractivity (Wildman–Crippen MR) is 138 cm³/mol. The number of aliphatic hydroxyl groups excluding tert-OH is 2. The summed E-state index contributed by atoms with van der Waals surface area (Å²) in [7, 11) is -4.34. The van der Waals surface area contributed by atoms with Crippen molar-refractivity contribution in [3.05, 3.63) is 60.4 Å². The van der Waals surface area contributed by atoms with Crippen molar-refractivity contribution in [2.45, 2.75) is 50.2 Å². The van der Waals surface area contributed by atoms with Crippen LogP contribution in [-0.4, -0.2) is 62.9 Å². The zero-order valence-corrected chi connectivity index (χ0v) is 22.4. The second-order valence-electron chi connectivity index (χ2n) is 9.40. The van der Waals surface area contributed by atoms with Crippen molar-refractivity contribution in [3.8, 4) is 11.8 Å². The topological polar surface area (TPSA) is 191 Å². The number of nitriles is 1. The Morgan fingerprint density at radius 2 is 2.00 bits per heavy atom. The number of benzene rings is 1. The Balaban J connectivity index is 1.61. The van der Waals surface area contributed by atoms with Gasteiger partial charge in [-0.15, -0.1) is 0 Å². The first-order chi connectivity index (χ1) is 18.5. The molecule has 0 radical (unpaired) electrons. The molecule has 3 heterocycles. The number of carbonyl (C=O) groups excluding carboxylic acids is 1. The van der Waals surface area contributed by atoms with Crippen LogP contribution in [0.4, 0.5) is 5.69 Å². The summed E-state index contributed by atoms with van der Waals surface area (Å²) >= 11 is 0. The van der Waals surface area contributed by atoms with Gasteiger partial charge in [0.05, 0.1) is 30.1 Å². The van der Waals surface area contributed by atoms with Gasteiger partial charge in [0.1, 0.15) is 35.7 Å². The number of hydrogen-bond donors (Lipinski definition) is 4. The van der Waals surface area contributed by atoms with Gasteiger partial charge in [-0.2, -0.15) is 15.4 Å². The number of nitrogens with two attached hydrogens (primary N) is 1. The van der Waals surface area contributed by atoms with Crippen molar-refractivity contribution in [3.63, 3.8) is 0 Å². The first-order valence-electron chi connectivity index (χ1n) is 12.1. The number of carbonyl (C=O) groups is 1. The van der Waals surface area contributed by atoms with Gasteiger partial charge < -0.3 is 29.9 Å². The van der Waals surface area contributed by atoms with Gasteiger partial charge in [-0.1, -0.05) is 18.2 Å². The van der Waals surface area contributed by atoms with Crippen LogP contribution in [0, 0.1) is 11.3 Å². The van der Waals surface area contributed by atoms with Crippen molar-refractivity contribution in [1.82, 2.24) is 14.7 Å². The molecule has 5 N–H and O–H groups in total. The minimum Gasteiger partial charge on any atom is -0.465 e. The zero-order valence-electron chi connectivity index (χ0n) is 21.6. The van der Waals surface area contributed by atoms with Gasteiger partial charge in [0, 0.05) is 6.20 Å². The van der Waals surface area contributed by atoms with Crippen molar-refractivity contribution in [2.24, 2.45) is 0 Å². The molecule has 5 atom stereocenters. The maximum absolute atomic E-state index is 13.9. The molecule has 3 aromatic rings. The molecule has 0 spiro atoms. The highest BCUT2D eigenvalue weighted by Crippen LogP contribution is 2.48. The Labute approximate surface area is 224 Å². The smallest absolute Gasteiger partial charge is 0.459 e. The van der Waals surface area contributed by atoms with Gasteiger partial charge in [0.2, 0.25) is 5.60 Å². The van der Waals surface area contributed by atoms with Crippen molar-refractivity contribution in [1.29, 1.82) is 5.26 Å². The van der Waals surface area contributed by atoms with E-state index in [1.807, 2.05) is 6.07 Å². The molecule has 0 saturated carbocycles. The number of aromatic nitrogens is 2. The van der Waals surface area contributed by atoms with Crippen LogP contribution in [-0.2, 0) is 29.0 Å². The standard InChI is InChI=1S/C25H30N5O8P/c1-4-35-23(33)24(2,3)29-39(34,38-16-8-6-5-7-9-16)36-14-19-21(31)22(32)25(15-26,37-19)20-11-10-18-17(27)12-13-28-30(18)20/h5-13,19,21-22,31-32H,4,14,27H2,1-3H3,(H,29,34)/t19-,21-,22-,25+,39?/m1/s1. The lowest BCUT2D eigenvalue weighted by Crippen LogP contribution is -2.47. The number of rotatable bonds is 10. The van der Waals surface area contributed by atoms with Crippen molar-refractivity contribution in [2.75, 3.05) is 18.9 Å². The second kappa shape index (κ2) is 10.9. The van der Waals surface area contributed by atoms with E-state index in [1.54, 1.807) is 37.3 Å². The number of nitrogens with one attached hydrogen (secondary N) is 1. The maximum Gasteiger partial charge on any atom is 0.459 e. The molecule has 0 bridgehead atoms. The molecule has 1 aromatic carbocycles. The van der Waals surface area contributed by atoms with E-state index >= 15 is 0 Å². The van der Waals surface area contributed by atoms with Crippen LogP contribution < -0.4 is 15.3 Å². The summed E-state index contributed by atoms with van der Waals surface area (Å²) in [6.07, 6.45) is -3.26. The molecule has 4 rings (SSSR count). The minimum atomic E-state index is -4.34. The number of ether oxygens (including phenoxy) is 2. The van der Waals surface area contributed by atoms with Gasteiger partial charge in [-0.25, -0.2) is 9.08 Å². The Hall–Kier alpha value is -3.50. The van der Waals surface area contributed by atoms with Gasteiger partial charge in [-0.3, -0.25) is 9.32 Å². The molecular formula is C25H30N5O8P. The van der Waals surface area contributed by atoms with Crippen LogP contribution >= 0.6 is 7.75 Å². The summed E-state index contributed by atoms with van der Waals surface area (Å²) in [4.78, 5) is 12.5. The number of para-hydroxylation sites is 1. The van der Waals surface area contributed by atoms with Crippen molar-refractivity contribution < 1.29 is 38.1 Å². The molecule has 0 aliphatic carbocycles. The van der Waals surface area contributed by atoms with Crippen LogP contribution in [0.25, 0.3) is 5.52 Å². The molecule has 1 saturated heterocycles. The number of nitrogens with zero attached hydrogens (tertiary/aromatic N) is 3. The fourth-order valence-corrected chi connectivity index (χ4v) is 5.89. The van der Waals surface area contributed by atoms with E-state index in [1.165, 1.54) is 42.8 Å². The number of nitrogen functional groups attached to an aromatic ring is 1. The maximum atomic E-state index is 13.9. The number of aliphatic hydroxyl groups is 2. The van der Waals surface area contributed by atoms with Crippen LogP contribution in [0.15, 0.2) is 54.7 Å². The number of anilines is 1. The molecule has 1 aliphatic heterocycles. The summed E-state index contributed by atoms with van der Waals surface area (Å²) in [6.45, 7) is 4.03. The molecule has 1 fully saturated rings. The van der Waals surface area contributed by atoms with Crippen molar-refractivity contribution >= 4 is 24.9 Å².